The van der Waals surface area contributed by atoms with E-state index in [9.17, 15) is 13.2 Å². The Hall–Kier alpha value is -1.94. The van der Waals surface area contributed by atoms with Gasteiger partial charge in [0.2, 0.25) is 0 Å². The van der Waals surface area contributed by atoms with Crippen LogP contribution >= 0.6 is 11.6 Å². The number of sulfone groups is 1. The lowest BCUT2D eigenvalue weighted by molar-refractivity contribution is 0.134. The zero-order valence-corrected chi connectivity index (χ0v) is 18.5. The molecule has 1 unspecified atom stereocenters. The van der Waals surface area contributed by atoms with Crippen LogP contribution in [0.15, 0.2) is 35.5 Å². The third-order valence-corrected chi connectivity index (χ3v) is 7.01. The molecular formula is C20H26ClN5O3S. The maximum atomic E-state index is 12.6. The van der Waals surface area contributed by atoms with Gasteiger partial charge in [0, 0.05) is 56.2 Å². The van der Waals surface area contributed by atoms with Crippen LogP contribution in [-0.4, -0.2) is 73.0 Å². The van der Waals surface area contributed by atoms with E-state index in [0.717, 1.165) is 48.6 Å². The molecule has 1 aromatic heterocycles. The van der Waals surface area contributed by atoms with Crippen molar-refractivity contribution in [2.24, 2.45) is 0 Å². The number of benzene rings is 1. The number of amides is 1. The van der Waals surface area contributed by atoms with Crippen LogP contribution in [0, 0.1) is 0 Å². The summed E-state index contributed by atoms with van der Waals surface area (Å²) in [6, 6.07) is 7.61. The van der Waals surface area contributed by atoms with Gasteiger partial charge in [-0.25, -0.2) is 13.2 Å². The van der Waals surface area contributed by atoms with E-state index in [0.29, 0.717) is 19.1 Å². The molecule has 10 heteroatoms. The average Bonchev–Trinajstić information content (AvgIpc) is 3.41. The topological polar surface area (TPSA) is 87.5 Å². The highest BCUT2D eigenvalue weighted by atomic mass is 35.5. The van der Waals surface area contributed by atoms with Gasteiger partial charge >= 0.3 is 6.03 Å². The van der Waals surface area contributed by atoms with E-state index in [1.165, 1.54) is 29.8 Å². The molecule has 1 aromatic carbocycles. The highest BCUT2D eigenvalue weighted by Crippen LogP contribution is 2.30. The summed E-state index contributed by atoms with van der Waals surface area (Å²) in [5, 5.41) is 8.12. The summed E-state index contributed by atoms with van der Waals surface area (Å²) in [4.78, 5) is 16.6. The number of carbonyl (C=O) groups excluding carboxylic acids is 1. The minimum Gasteiger partial charge on any atom is -0.320 e. The molecule has 4 rings (SSSR count). The molecule has 0 aliphatic carbocycles. The molecule has 1 amide bonds. The van der Waals surface area contributed by atoms with Gasteiger partial charge in [-0.2, -0.15) is 9.78 Å². The van der Waals surface area contributed by atoms with Gasteiger partial charge in [0.15, 0.2) is 14.9 Å². The standard InChI is InChI=1S/C20H26ClN5O3S/c1-30(28,29)19-6-8-26(23-19)20(27)25-11-9-24(10-12-25)14-15-4-5-17(21)16(13-15)18-3-2-7-22-18/h4-6,8,13,18,22H,2-3,7,9-12,14H2,1H3. The smallest absolute Gasteiger partial charge is 0.320 e. The number of piperazine rings is 1. The molecular weight excluding hydrogens is 426 g/mol. The summed E-state index contributed by atoms with van der Waals surface area (Å²) in [5.41, 5.74) is 2.38. The Kier molecular flexibility index (Phi) is 6.15. The number of halogens is 1. The summed E-state index contributed by atoms with van der Waals surface area (Å²) in [6.45, 7) is 4.45. The average molecular weight is 452 g/mol. The molecule has 3 heterocycles. The van der Waals surface area contributed by atoms with Crippen molar-refractivity contribution in [3.8, 4) is 0 Å². The number of nitrogens with zero attached hydrogens (tertiary/aromatic N) is 4. The van der Waals surface area contributed by atoms with Crippen molar-refractivity contribution in [2.45, 2.75) is 30.5 Å². The number of rotatable bonds is 4. The zero-order chi connectivity index (χ0) is 21.3. The maximum Gasteiger partial charge on any atom is 0.344 e. The second-order valence-corrected chi connectivity index (χ2v) is 10.3. The van der Waals surface area contributed by atoms with Crippen molar-refractivity contribution >= 4 is 27.5 Å². The molecule has 162 valence electrons. The maximum absolute atomic E-state index is 12.6. The Morgan fingerprint density at radius 3 is 2.63 bits per heavy atom. The van der Waals surface area contributed by atoms with Crippen molar-refractivity contribution in [1.29, 1.82) is 0 Å². The van der Waals surface area contributed by atoms with E-state index in [1.54, 1.807) is 4.90 Å². The third kappa shape index (κ3) is 4.69. The Balaban J connectivity index is 1.35. The molecule has 2 saturated heterocycles. The van der Waals surface area contributed by atoms with Crippen LogP contribution in [0.5, 0.6) is 0 Å². The van der Waals surface area contributed by atoms with E-state index in [2.05, 4.69) is 27.4 Å². The first-order valence-electron chi connectivity index (χ1n) is 10.1. The largest absolute Gasteiger partial charge is 0.344 e. The number of aromatic nitrogens is 2. The fourth-order valence-corrected chi connectivity index (χ4v) is 4.81. The molecule has 1 atom stereocenters. The van der Waals surface area contributed by atoms with Crippen molar-refractivity contribution in [3.63, 3.8) is 0 Å². The highest BCUT2D eigenvalue weighted by Gasteiger charge is 2.25. The number of hydrogen-bond donors (Lipinski definition) is 1. The first-order chi connectivity index (χ1) is 14.3. The summed E-state index contributed by atoms with van der Waals surface area (Å²) in [7, 11) is -3.43. The molecule has 1 N–H and O–H groups in total. The third-order valence-electron chi connectivity index (χ3n) is 5.69. The predicted octanol–water partition coefficient (Wildman–Crippen LogP) is 2.15. The summed E-state index contributed by atoms with van der Waals surface area (Å²) in [6.07, 6.45) is 4.76. The first kappa shape index (κ1) is 21.3. The lowest BCUT2D eigenvalue weighted by Crippen LogP contribution is -2.49. The van der Waals surface area contributed by atoms with E-state index in [4.69, 9.17) is 11.6 Å². The summed E-state index contributed by atoms with van der Waals surface area (Å²) >= 11 is 6.42. The van der Waals surface area contributed by atoms with Crippen LogP contribution in [0.4, 0.5) is 4.79 Å². The summed E-state index contributed by atoms with van der Waals surface area (Å²) in [5.74, 6) is 0. The Labute approximate surface area is 181 Å². The lowest BCUT2D eigenvalue weighted by atomic mass is 10.0. The molecule has 2 aromatic rings. The first-order valence-corrected chi connectivity index (χ1v) is 12.4. The minimum atomic E-state index is -3.43. The molecule has 0 spiro atoms. The van der Waals surface area contributed by atoms with Gasteiger partial charge in [0.25, 0.3) is 0 Å². The fourth-order valence-electron chi connectivity index (χ4n) is 4.02. The van der Waals surface area contributed by atoms with E-state index in [1.807, 2.05) is 6.07 Å². The minimum absolute atomic E-state index is 0.0928. The van der Waals surface area contributed by atoms with Crippen LogP contribution in [0.2, 0.25) is 5.02 Å². The summed E-state index contributed by atoms with van der Waals surface area (Å²) < 4.78 is 24.2. The number of carbonyl (C=O) groups is 1. The van der Waals surface area contributed by atoms with Crippen LogP contribution in [0.25, 0.3) is 0 Å². The Bertz CT molecular complexity index is 1020. The molecule has 2 aliphatic heterocycles. The van der Waals surface area contributed by atoms with Crippen LogP contribution < -0.4 is 5.32 Å². The van der Waals surface area contributed by atoms with Gasteiger partial charge in [0.1, 0.15) is 0 Å². The normalized spacial score (nSPS) is 20.6. The van der Waals surface area contributed by atoms with Crippen molar-refractivity contribution < 1.29 is 13.2 Å². The zero-order valence-electron chi connectivity index (χ0n) is 16.9. The second kappa shape index (κ2) is 8.66. The van der Waals surface area contributed by atoms with Crippen molar-refractivity contribution in [3.05, 3.63) is 46.6 Å². The second-order valence-electron chi connectivity index (χ2n) is 7.92. The van der Waals surface area contributed by atoms with Gasteiger partial charge in [-0.1, -0.05) is 23.7 Å². The van der Waals surface area contributed by atoms with E-state index in [-0.39, 0.29) is 11.1 Å². The quantitative estimate of drug-likeness (QED) is 0.766. The van der Waals surface area contributed by atoms with Gasteiger partial charge < -0.3 is 10.2 Å². The molecule has 0 bridgehead atoms. The monoisotopic (exact) mass is 451 g/mol. The molecule has 0 saturated carbocycles. The van der Waals surface area contributed by atoms with Gasteiger partial charge in [-0.05, 0) is 42.6 Å². The number of hydrogen-bond acceptors (Lipinski definition) is 6. The molecule has 8 nitrogen and oxygen atoms in total. The van der Waals surface area contributed by atoms with Crippen molar-refractivity contribution in [1.82, 2.24) is 24.9 Å². The van der Waals surface area contributed by atoms with Crippen LogP contribution in [-0.2, 0) is 16.4 Å². The van der Waals surface area contributed by atoms with Gasteiger partial charge in [-0.15, -0.1) is 0 Å². The Morgan fingerprint density at radius 1 is 1.23 bits per heavy atom. The molecule has 30 heavy (non-hydrogen) atoms. The van der Waals surface area contributed by atoms with Crippen LogP contribution in [0.3, 0.4) is 0 Å². The molecule has 2 fully saturated rings. The Morgan fingerprint density at radius 2 is 2.00 bits per heavy atom. The number of nitrogens with one attached hydrogen (secondary N) is 1. The lowest BCUT2D eigenvalue weighted by Gasteiger charge is -2.34. The van der Waals surface area contributed by atoms with E-state index >= 15 is 0 Å². The fraction of sp³-hybridized carbons (Fsp3) is 0.500. The van der Waals surface area contributed by atoms with Gasteiger partial charge in [-0.3, -0.25) is 4.90 Å². The SMILES string of the molecule is CS(=O)(=O)c1ccn(C(=O)N2CCN(Cc3ccc(Cl)c(C4CCCN4)c3)CC2)n1. The van der Waals surface area contributed by atoms with Gasteiger partial charge in [0.05, 0.1) is 0 Å². The highest BCUT2D eigenvalue weighted by molar-refractivity contribution is 7.90. The van der Waals surface area contributed by atoms with E-state index < -0.39 is 9.84 Å². The molecule has 0 radical (unpaired) electrons. The molecule has 2 aliphatic rings. The van der Waals surface area contributed by atoms with Crippen molar-refractivity contribution in [2.75, 3.05) is 39.0 Å². The predicted molar refractivity (Wildman–Crippen MR) is 114 cm³/mol. The van der Waals surface area contributed by atoms with Crippen LogP contribution in [0.1, 0.15) is 30.0 Å².